The minimum absolute atomic E-state index is 0.0120. The summed E-state index contributed by atoms with van der Waals surface area (Å²) in [6.07, 6.45) is -1.39. The van der Waals surface area contributed by atoms with Crippen molar-refractivity contribution >= 4 is 33.0 Å². The third kappa shape index (κ3) is 5.04. The van der Waals surface area contributed by atoms with Crippen molar-refractivity contribution in [2.24, 2.45) is 5.92 Å². The van der Waals surface area contributed by atoms with Gasteiger partial charge in [0.25, 0.3) is 5.91 Å². The summed E-state index contributed by atoms with van der Waals surface area (Å²) < 4.78 is 52.0. The van der Waals surface area contributed by atoms with Gasteiger partial charge in [0.15, 0.2) is 21.5 Å². The molecule has 4 N–H and O–H groups in total. The maximum atomic E-state index is 13.3. The van der Waals surface area contributed by atoms with Crippen LogP contribution in [0.3, 0.4) is 0 Å². The number of carbonyl (C=O) groups excluding carboxylic acids is 1. The Morgan fingerprint density at radius 2 is 1.87 bits per heavy atom. The highest BCUT2D eigenvalue weighted by molar-refractivity contribution is 7.91. The number of halogens is 3. The summed E-state index contributed by atoms with van der Waals surface area (Å²) in [6.45, 7) is -0.642. The highest BCUT2D eigenvalue weighted by Crippen LogP contribution is 2.42. The van der Waals surface area contributed by atoms with E-state index in [0.29, 0.717) is 0 Å². The first-order valence-corrected chi connectivity index (χ1v) is 11.3. The molecule has 3 rings (SSSR count). The van der Waals surface area contributed by atoms with Crippen molar-refractivity contribution in [1.29, 1.82) is 0 Å². The smallest absolute Gasteiger partial charge is 0.255 e. The number of aliphatic hydroxyl groups is 3. The van der Waals surface area contributed by atoms with E-state index < -0.39 is 51.6 Å². The van der Waals surface area contributed by atoms with E-state index in [1.807, 2.05) is 0 Å². The molecule has 1 fully saturated rings. The number of anilines is 1. The van der Waals surface area contributed by atoms with Crippen LogP contribution in [0.4, 0.5) is 14.5 Å². The number of nitrogens with one attached hydrogen (secondary N) is 1. The molecule has 0 radical (unpaired) electrons. The Bertz CT molecular complexity index is 1100. The number of aliphatic hydroxyl groups excluding tert-OH is 2. The van der Waals surface area contributed by atoms with Crippen LogP contribution in [-0.4, -0.2) is 53.7 Å². The van der Waals surface area contributed by atoms with E-state index in [2.05, 4.69) is 5.32 Å². The van der Waals surface area contributed by atoms with E-state index in [4.69, 9.17) is 16.7 Å². The van der Waals surface area contributed by atoms with Crippen molar-refractivity contribution in [2.75, 3.05) is 17.7 Å². The summed E-state index contributed by atoms with van der Waals surface area (Å²) in [4.78, 5) is 12.1. The predicted octanol–water partition coefficient (Wildman–Crippen LogP) is 2.14. The van der Waals surface area contributed by atoms with Crippen molar-refractivity contribution in [2.45, 2.75) is 29.4 Å². The van der Waals surface area contributed by atoms with Crippen molar-refractivity contribution in [3.8, 4) is 0 Å². The number of benzene rings is 2. The molecule has 1 atom stereocenters. The molecule has 11 heteroatoms. The first-order valence-electron chi connectivity index (χ1n) is 9.25. The first kappa shape index (κ1) is 23.6. The van der Waals surface area contributed by atoms with E-state index in [1.54, 1.807) is 0 Å². The van der Waals surface area contributed by atoms with Gasteiger partial charge in [-0.05, 0) is 49.1 Å². The van der Waals surface area contributed by atoms with Gasteiger partial charge in [-0.15, -0.1) is 0 Å². The molecule has 1 saturated carbocycles. The fourth-order valence-corrected chi connectivity index (χ4v) is 5.74. The SMILES string of the molecule is O=C(Nc1ccc(F)c(F)c1)c1ccc(Cl)c(S(=O)(=O)CC2CC(O)(C(O)CO)C2)c1. The Kier molecular flexibility index (Phi) is 6.68. The molecule has 2 aromatic carbocycles. The van der Waals surface area contributed by atoms with E-state index in [9.17, 15) is 32.2 Å². The van der Waals surface area contributed by atoms with Crippen molar-refractivity contribution < 1.29 is 37.3 Å². The molecular formula is C20H20ClF2NO6S. The molecule has 0 aliphatic heterocycles. The van der Waals surface area contributed by atoms with Gasteiger partial charge in [-0.2, -0.15) is 0 Å². The van der Waals surface area contributed by atoms with E-state index in [1.165, 1.54) is 12.1 Å². The van der Waals surface area contributed by atoms with E-state index >= 15 is 0 Å². The fourth-order valence-electron chi connectivity index (χ4n) is 3.56. The second kappa shape index (κ2) is 8.79. The molecule has 31 heavy (non-hydrogen) atoms. The second-order valence-corrected chi connectivity index (χ2v) is 10.00. The van der Waals surface area contributed by atoms with E-state index in [0.717, 1.165) is 24.3 Å². The van der Waals surface area contributed by atoms with Crippen molar-refractivity contribution in [3.63, 3.8) is 0 Å². The lowest BCUT2D eigenvalue weighted by molar-refractivity contribution is -0.159. The Hall–Kier alpha value is -2.11. The molecule has 1 amide bonds. The largest absolute Gasteiger partial charge is 0.394 e. The molecule has 1 unspecified atom stereocenters. The van der Waals surface area contributed by atoms with Gasteiger partial charge in [0, 0.05) is 17.3 Å². The zero-order valence-electron chi connectivity index (χ0n) is 16.1. The van der Waals surface area contributed by atoms with E-state index in [-0.39, 0.29) is 39.8 Å². The zero-order chi connectivity index (χ0) is 23.0. The summed E-state index contributed by atoms with van der Waals surface area (Å²) in [5.74, 6) is -3.81. The predicted molar refractivity (Wildman–Crippen MR) is 109 cm³/mol. The monoisotopic (exact) mass is 475 g/mol. The molecule has 0 bridgehead atoms. The van der Waals surface area contributed by atoms with Crippen LogP contribution in [0.2, 0.25) is 5.02 Å². The molecule has 0 heterocycles. The lowest BCUT2D eigenvalue weighted by atomic mass is 9.69. The van der Waals surface area contributed by atoms with Gasteiger partial charge in [-0.1, -0.05) is 11.6 Å². The molecule has 0 aromatic heterocycles. The van der Waals surface area contributed by atoms with Crippen LogP contribution in [0.25, 0.3) is 0 Å². The number of carbonyl (C=O) groups is 1. The molecule has 2 aromatic rings. The maximum absolute atomic E-state index is 13.3. The van der Waals surface area contributed by atoms with Crippen LogP contribution in [-0.2, 0) is 9.84 Å². The summed E-state index contributed by atoms with van der Waals surface area (Å²) in [7, 11) is -3.95. The number of rotatable bonds is 7. The Morgan fingerprint density at radius 3 is 2.48 bits per heavy atom. The average molecular weight is 476 g/mol. The second-order valence-electron chi connectivity index (χ2n) is 7.59. The molecule has 0 spiro atoms. The number of sulfone groups is 1. The van der Waals surface area contributed by atoms with Gasteiger partial charge < -0.3 is 20.6 Å². The summed E-state index contributed by atoms with van der Waals surface area (Å²) in [5.41, 5.74) is -1.61. The van der Waals surface area contributed by atoms with Gasteiger partial charge >= 0.3 is 0 Å². The first-order chi connectivity index (χ1) is 14.4. The van der Waals surface area contributed by atoms with Crippen LogP contribution in [0.15, 0.2) is 41.3 Å². The normalized spacial score (nSPS) is 21.9. The van der Waals surface area contributed by atoms with Crippen molar-refractivity contribution in [1.82, 2.24) is 0 Å². The van der Waals surface area contributed by atoms with Gasteiger partial charge in [0.1, 0.15) is 6.10 Å². The fraction of sp³-hybridized carbons (Fsp3) is 0.350. The summed E-state index contributed by atoms with van der Waals surface area (Å²) in [6, 6.07) is 6.40. The Morgan fingerprint density at radius 1 is 1.19 bits per heavy atom. The number of amides is 1. The standard InChI is InChI=1S/C20H20ClF2NO6S/c21-14-3-1-12(19(27)24-13-2-4-15(22)16(23)6-13)5-17(14)31(29,30)10-11-7-20(28,8-11)18(26)9-25/h1-6,11,18,25-26,28H,7-10H2,(H,24,27). The molecular weight excluding hydrogens is 456 g/mol. The quantitative estimate of drug-likeness (QED) is 0.486. The van der Waals surface area contributed by atoms with Crippen LogP contribution in [0.1, 0.15) is 23.2 Å². The average Bonchev–Trinajstić information content (AvgIpc) is 2.68. The van der Waals surface area contributed by atoms with Crippen LogP contribution in [0.5, 0.6) is 0 Å². The lowest BCUT2D eigenvalue weighted by Gasteiger charge is -2.45. The highest BCUT2D eigenvalue weighted by Gasteiger charge is 2.49. The molecule has 0 saturated heterocycles. The minimum Gasteiger partial charge on any atom is -0.394 e. The van der Waals surface area contributed by atoms with Crippen LogP contribution in [0, 0.1) is 17.6 Å². The molecule has 168 valence electrons. The third-order valence-corrected chi connectivity index (χ3v) is 7.60. The molecule has 7 nitrogen and oxygen atoms in total. The lowest BCUT2D eigenvalue weighted by Crippen LogP contribution is -2.55. The topological polar surface area (TPSA) is 124 Å². The van der Waals surface area contributed by atoms with Gasteiger partial charge in [-0.3, -0.25) is 4.79 Å². The highest BCUT2D eigenvalue weighted by atomic mass is 35.5. The Balaban J connectivity index is 1.75. The maximum Gasteiger partial charge on any atom is 0.255 e. The summed E-state index contributed by atoms with van der Waals surface area (Å²) in [5, 5.41) is 30.9. The van der Waals surface area contributed by atoms with Crippen LogP contribution >= 0.6 is 11.6 Å². The van der Waals surface area contributed by atoms with Gasteiger partial charge in [0.2, 0.25) is 0 Å². The van der Waals surface area contributed by atoms with Gasteiger partial charge in [0.05, 0.1) is 27.9 Å². The van der Waals surface area contributed by atoms with Crippen LogP contribution < -0.4 is 5.32 Å². The van der Waals surface area contributed by atoms with Gasteiger partial charge in [-0.25, -0.2) is 17.2 Å². The summed E-state index contributed by atoms with van der Waals surface area (Å²) >= 11 is 6.03. The number of hydrogen-bond acceptors (Lipinski definition) is 6. The zero-order valence-corrected chi connectivity index (χ0v) is 17.6. The Labute approximate surface area is 182 Å². The third-order valence-electron chi connectivity index (χ3n) is 5.24. The van der Waals surface area contributed by atoms with Crippen molar-refractivity contribution in [3.05, 3.63) is 58.6 Å². The molecule has 1 aliphatic carbocycles. The molecule has 1 aliphatic rings. The minimum atomic E-state index is -3.95. The number of hydrogen-bond donors (Lipinski definition) is 4.